The highest BCUT2D eigenvalue weighted by Gasteiger charge is 2.52. The molecule has 0 heterocycles. The maximum Gasteiger partial charge on any atom is 0.209 e. The lowest BCUT2D eigenvalue weighted by Crippen LogP contribution is -2.49. The van der Waals surface area contributed by atoms with Crippen LogP contribution in [0.25, 0.3) is 0 Å². The zero-order chi connectivity index (χ0) is 19.6. The van der Waals surface area contributed by atoms with Crippen molar-refractivity contribution in [2.45, 2.75) is 95.9 Å². The van der Waals surface area contributed by atoms with Crippen LogP contribution in [0.15, 0.2) is 18.2 Å². The van der Waals surface area contributed by atoms with E-state index in [1.165, 1.54) is 49.7 Å². The van der Waals surface area contributed by atoms with E-state index >= 15 is 0 Å². The van der Waals surface area contributed by atoms with E-state index in [4.69, 9.17) is 4.43 Å². The van der Waals surface area contributed by atoms with Gasteiger partial charge in [0.15, 0.2) is 5.79 Å². The average Bonchev–Trinajstić information content (AvgIpc) is 2.51. The molecule has 1 atom stereocenters. The van der Waals surface area contributed by atoms with Gasteiger partial charge in [0, 0.05) is 5.56 Å². The van der Waals surface area contributed by atoms with Crippen molar-refractivity contribution in [1.82, 2.24) is 0 Å². The van der Waals surface area contributed by atoms with Gasteiger partial charge in [0.05, 0.1) is 0 Å². The second-order valence-electron chi connectivity index (χ2n) is 11.2. The fourth-order valence-corrected chi connectivity index (χ4v) is 7.74. The van der Waals surface area contributed by atoms with Crippen LogP contribution in [-0.4, -0.2) is 14.1 Å². The van der Waals surface area contributed by atoms with Crippen LogP contribution in [0, 0.1) is 17.8 Å². The lowest BCUT2D eigenvalue weighted by molar-refractivity contribution is -0.132. The zero-order valence-electron chi connectivity index (χ0n) is 18.1. The van der Waals surface area contributed by atoms with Crippen molar-refractivity contribution in [1.29, 1.82) is 0 Å². The smallest absolute Gasteiger partial charge is 0.209 e. The van der Waals surface area contributed by atoms with E-state index in [0.29, 0.717) is 5.41 Å². The molecule has 1 N–H and O–H groups in total. The van der Waals surface area contributed by atoms with E-state index in [1.54, 1.807) is 0 Å². The quantitative estimate of drug-likeness (QED) is 0.517. The summed E-state index contributed by atoms with van der Waals surface area (Å²) in [6, 6.07) is 6.73. The summed E-state index contributed by atoms with van der Waals surface area (Å²) in [5.74, 6) is 1.58. The molecule has 2 nitrogen and oxygen atoms in total. The summed E-state index contributed by atoms with van der Waals surface area (Å²) in [6.45, 7) is 13.0. The molecule has 0 aromatic heterocycles. The van der Waals surface area contributed by atoms with Crippen molar-refractivity contribution in [3.05, 3.63) is 34.9 Å². The minimum atomic E-state index is -1.19. The summed E-state index contributed by atoms with van der Waals surface area (Å²) in [5.41, 5.74) is 4.38. The van der Waals surface area contributed by atoms with Gasteiger partial charge < -0.3 is 9.53 Å². The van der Waals surface area contributed by atoms with Gasteiger partial charge in [0.2, 0.25) is 9.04 Å². The second-order valence-corrected chi connectivity index (χ2v) is 13.2. The molecule has 4 saturated carbocycles. The van der Waals surface area contributed by atoms with Gasteiger partial charge in [-0.25, -0.2) is 0 Å². The van der Waals surface area contributed by atoms with Crippen LogP contribution in [0.1, 0.15) is 82.9 Å². The van der Waals surface area contributed by atoms with Crippen LogP contribution in [0.2, 0.25) is 13.1 Å². The van der Waals surface area contributed by atoms with E-state index in [1.807, 2.05) is 6.92 Å². The molecule has 5 rings (SSSR count). The van der Waals surface area contributed by atoms with Crippen molar-refractivity contribution in [3.63, 3.8) is 0 Å². The number of hydrogen-bond donors (Lipinski definition) is 1. The van der Waals surface area contributed by atoms with E-state index in [2.05, 4.69) is 52.1 Å². The van der Waals surface area contributed by atoms with Crippen LogP contribution in [0.5, 0.6) is 0 Å². The number of rotatable bonds is 4. The van der Waals surface area contributed by atoms with Gasteiger partial charge in [-0.1, -0.05) is 32.9 Å². The highest BCUT2D eigenvalue weighted by Crippen LogP contribution is 2.61. The molecule has 3 heteroatoms. The predicted molar refractivity (Wildman–Crippen MR) is 113 cm³/mol. The van der Waals surface area contributed by atoms with Gasteiger partial charge in [-0.3, -0.25) is 0 Å². The average molecular weight is 386 g/mol. The Morgan fingerprint density at radius 3 is 1.93 bits per heavy atom. The third-order valence-electron chi connectivity index (χ3n) is 7.38. The molecule has 1 unspecified atom stereocenters. The molecule has 4 fully saturated rings. The van der Waals surface area contributed by atoms with Gasteiger partial charge in [-0.15, -0.1) is 0 Å². The zero-order valence-corrected chi connectivity index (χ0v) is 19.1. The summed E-state index contributed by atoms with van der Waals surface area (Å²) in [7, 11) is -0.983. The van der Waals surface area contributed by atoms with Crippen molar-refractivity contribution < 1.29 is 9.53 Å². The first-order valence-corrected chi connectivity index (χ1v) is 13.3. The third kappa shape index (κ3) is 3.56. The topological polar surface area (TPSA) is 29.5 Å². The monoisotopic (exact) mass is 385 g/mol. The number of hydrogen-bond acceptors (Lipinski definition) is 2. The Labute approximate surface area is 167 Å². The summed E-state index contributed by atoms with van der Waals surface area (Å²) in [4.78, 5) is 0. The van der Waals surface area contributed by atoms with E-state index in [0.717, 1.165) is 23.3 Å². The summed E-state index contributed by atoms with van der Waals surface area (Å²) in [6.07, 6.45) is 8.44. The lowest BCUT2D eigenvalue weighted by Gasteiger charge is -2.58. The molecule has 149 valence electrons. The van der Waals surface area contributed by atoms with Crippen molar-refractivity contribution >= 4 is 9.04 Å². The van der Waals surface area contributed by atoms with Crippen LogP contribution >= 0.6 is 0 Å². The molecule has 0 saturated heterocycles. The predicted octanol–water partition coefficient (Wildman–Crippen LogP) is 5.88. The SMILES string of the molecule is C[Si](C)OC(C)(O)c1ccc(C(C)(C)C)c(C23CC4CC(CC(C4)C2)C3)c1. The van der Waals surface area contributed by atoms with Crippen LogP contribution in [-0.2, 0) is 21.0 Å². The molecular weight excluding hydrogens is 348 g/mol. The molecule has 4 aliphatic rings. The van der Waals surface area contributed by atoms with E-state index < -0.39 is 14.8 Å². The van der Waals surface area contributed by atoms with Crippen LogP contribution in [0.3, 0.4) is 0 Å². The van der Waals surface area contributed by atoms with Gasteiger partial charge in [0.1, 0.15) is 0 Å². The third-order valence-corrected chi connectivity index (χ3v) is 8.18. The van der Waals surface area contributed by atoms with Gasteiger partial charge in [0.25, 0.3) is 0 Å². The van der Waals surface area contributed by atoms with Gasteiger partial charge in [-0.05, 0) is 104 Å². The van der Waals surface area contributed by atoms with Gasteiger partial charge >= 0.3 is 0 Å². The van der Waals surface area contributed by atoms with Gasteiger partial charge in [-0.2, -0.15) is 0 Å². The molecule has 0 spiro atoms. The fourth-order valence-electron chi connectivity index (χ4n) is 6.82. The maximum atomic E-state index is 11.1. The molecule has 1 aromatic carbocycles. The Morgan fingerprint density at radius 1 is 0.963 bits per heavy atom. The Kier molecular flexibility index (Phi) is 4.69. The molecule has 4 bridgehead atoms. The van der Waals surface area contributed by atoms with Crippen LogP contribution in [0.4, 0.5) is 0 Å². The first-order chi connectivity index (χ1) is 12.5. The molecule has 1 aromatic rings. The maximum absolute atomic E-state index is 11.1. The Hall–Kier alpha value is -0.643. The molecule has 4 aliphatic carbocycles. The normalized spacial score (nSPS) is 34.9. The van der Waals surface area contributed by atoms with Crippen molar-refractivity contribution in [2.24, 2.45) is 17.8 Å². The first-order valence-electron chi connectivity index (χ1n) is 10.9. The fraction of sp³-hybridized carbons (Fsp3) is 0.750. The standard InChI is InChI=1S/C24H37O2Si/c1-22(2,3)20-8-7-19(23(4,25)26-27(5)6)12-21(20)24-13-16-9-17(14-24)11-18(10-16)15-24/h7-8,12,16-18,25H,9-11,13-15H2,1-6H3. The highest BCUT2D eigenvalue weighted by molar-refractivity contribution is 6.48. The molecule has 1 radical (unpaired) electrons. The second kappa shape index (κ2) is 6.43. The molecule has 0 aliphatic heterocycles. The summed E-state index contributed by atoms with van der Waals surface area (Å²) in [5, 5.41) is 11.1. The minimum absolute atomic E-state index is 0.119. The number of aliphatic hydroxyl groups is 1. The summed E-state index contributed by atoms with van der Waals surface area (Å²) < 4.78 is 5.98. The largest absolute Gasteiger partial charge is 0.387 e. The Bertz CT molecular complexity index is 678. The summed E-state index contributed by atoms with van der Waals surface area (Å²) >= 11 is 0. The van der Waals surface area contributed by atoms with E-state index in [-0.39, 0.29) is 5.41 Å². The first kappa shape index (κ1) is 19.7. The Balaban J connectivity index is 1.81. The minimum Gasteiger partial charge on any atom is -0.387 e. The number of benzene rings is 1. The molecule has 0 amide bonds. The highest BCUT2D eigenvalue weighted by atomic mass is 28.3. The van der Waals surface area contributed by atoms with Crippen molar-refractivity contribution in [2.75, 3.05) is 0 Å². The van der Waals surface area contributed by atoms with Crippen LogP contribution < -0.4 is 0 Å². The van der Waals surface area contributed by atoms with E-state index in [9.17, 15) is 5.11 Å². The molecular formula is C24H37O2Si. The Morgan fingerprint density at radius 2 is 1.48 bits per heavy atom. The molecule has 27 heavy (non-hydrogen) atoms. The lowest BCUT2D eigenvalue weighted by atomic mass is 9.47. The van der Waals surface area contributed by atoms with Crippen molar-refractivity contribution in [3.8, 4) is 0 Å².